The second kappa shape index (κ2) is 10.2. The second-order valence-corrected chi connectivity index (χ2v) is 10.4. The van der Waals surface area contributed by atoms with Crippen LogP contribution < -0.4 is 4.74 Å². The van der Waals surface area contributed by atoms with Gasteiger partial charge in [-0.15, -0.1) is 11.3 Å². The average molecular weight is 493 g/mol. The topological polar surface area (TPSA) is 49.9 Å². The van der Waals surface area contributed by atoms with E-state index in [1.165, 1.54) is 17.0 Å². The van der Waals surface area contributed by atoms with E-state index in [0.29, 0.717) is 30.3 Å². The summed E-state index contributed by atoms with van der Waals surface area (Å²) in [6, 6.07) is 15.2. The van der Waals surface area contributed by atoms with E-state index in [4.69, 9.17) is 4.74 Å². The Balaban J connectivity index is 1.33. The van der Waals surface area contributed by atoms with E-state index in [9.17, 15) is 14.0 Å². The Morgan fingerprint density at radius 3 is 2.54 bits per heavy atom. The Morgan fingerprint density at radius 2 is 1.83 bits per heavy atom. The number of fused-ring (bicyclic) bond motifs is 1. The molecule has 1 saturated carbocycles. The molecule has 2 aromatic carbocycles. The molecular weight excluding hydrogens is 463 g/mol. The lowest BCUT2D eigenvalue weighted by Crippen LogP contribution is -2.48. The van der Waals surface area contributed by atoms with Gasteiger partial charge in [-0.1, -0.05) is 17.7 Å². The zero-order valence-corrected chi connectivity index (χ0v) is 20.6. The zero-order valence-electron chi connectivity index (χ0n) is 19.8. The first-order valence-electron chi connectivity index (χ1n) is 12.1. The summed E-state index contributed by atoms with van der Waals surface area (Å²) >= 11 is 1.69. The number of aryl methyl sites for hydroxylation is 1. The number of ether oxygens (including phenoxy) is 1. The minimum Gasteiger partial charge on any atom is -0.491 e. The maximum absolute atomic E-state index is 13.6. The Kier molecular flexibility index (Phi) is 6.86. The van der Waals surface area contributed by atoms with Crippen LogP contribution in [0.5, 0.6) is 5.75 Å². The highest BCUT2D eigenvalue weighted by molar-refractivity contribution is 7.10. The first-order chi connectivity index (χ1) is 17.0. The zero-order chi connectivity index (χ0) is 24.4. The molecule has 5 nitrogen and oxygen atoms in total. The van der Waals surface area contributed by atoms with Gasteiger partial charge in [0, 0.05) is 23.5 Å². The van der Waals surface area contributed by atoms with E-state index < -0.39 is 0 Å². The minimum absolute atomic E-state index is 0.0513. The van der Waals surface area contributed by atoms with E-state index in [1.54, 1.807) is 28.4 Å². The van der Waals surface area contributed by atoms with Crippen LogP contribution in [0, 0.1) is 18.7 Å². The molecule has 0 saturated heterocycles. The van der Waals surface area contributed by atoms with Crippen LogP contribution in [0.15, 0.2) is 60.0 Å². The molecule has 1 aliphatic heterocycles. The number of hydrogen-bond donors (Lipinski definition) is 0. The maximum atomic E-state index is 13.6. The van der Waals surface area contributed by atoms with Crippen LogP contribution in [-0.4, -0.2) is 47.9 Å². The molecule has 5 rings (SSSR count). The molecule has 2 aliphatic rings. The van der Waals surface area contributed by atoms with Crippen LogP contribution in [0.4, 0.5) is 4.39 Å². The lowest BCUT2D eigenvalue weighted by Gasteiger charge is -2.37. The molecule has 7 heteroatoms. The number of hydrogen-bond acceptors (Lipinski definition) is 4. The van der Waals surface area contributed by atoms with E-state index in [2.05, 4.69) is 6.07 Å². The van der Waals surface area contributed by atoms with E-state index in [1.807, 2.05) is 41.5 Å². The van der Waals surface area contributed by atoms with Crippen molar-refractivity contribution in [2.24, 2.45) is 5.92 Å². The molecule has 35 heavy (non-hydrogen) atoms. The Morgan fingerprint density at radius 1 is 1.09 bits per heavy atom. The fourth-order valence-corrected chi connectivity index (χ4v) is 5.47. The molecule has 0 N–H and O–H groups in total. The number of halogens is 1. The van der Waals surface area contributed by atoms with Crippen LogP contribution in [0.25, 0.3) is 0 Å². The van der Waals surface area contributed by atoms with Gasteiger partial charge < -0.3 is 14.5 Å². The van der Waals surface area contributed by atoms with Crippen molar-refractivity contribution in [3.63, 3.8) is 0 Å². The van der Waals surface area contributed by atoms with Crippen LogP contribution in [0.2, 0.25) is 0 Å². The third-order valence-electron chi connectivity index (χ3n) is 6.72. The van der Waals surface area contributed by atoms with Gasteiger partial charge in [0.05, 0.1) is 6.04 Å². The number of rotatable bonds is 8. The highest BCUT2D eigenvalue weighted by Crippen LogP contribution is 2.35. The molecule has 2 amide bonds. The quantitative estimate of drug-likeness (QED) is 0.431. The molecular formula is C28H29FN2O3S. The van der Waals surface area contributed by atoms with Crippen molar-refractivity contribution in [2.75, 3.05) is 26.2 Å². The summed E-state index contributed by atoms with van der Waals surface area (Å²) in [5.41, 5.74) is 2.80. The fraction of sp³-hybridized carbons (Fsp3) is 0.357. The van der Waals surface area contributed by atoms with Gasteiger partial charge in [0.25, 0.3) is 5.91 Å². The van der Waals surface area contributed by atoms with Crippen LogP contribution in [-0.2, 0) is 11.2 Å². The summed E-state index contributed by atoms with van der Waals surface area (Å²) < 4.78 is 19.3. The van der Waals surface area contributed by atoms with Crippen molar-refractivity contribution in [2.45, 2.75) is 32.2 Å². The highest BCUT2D eigenvalue weighted by Gasteiger charge is 2.35. The molecule has 3 aromatic rings. The van der Waals surface area contributed by atoms with E-state index >= 15 is 0 Å². The van der Waals surface area contributed by atoms with Gasteiger partial charge in [-0.2, -0.15) is 0 Å². The second-order valence-electron chi connectivity index (χ2n) is 9.41. The largest absolute Gasteiger partial charge is 0.491 e. The van der Waals surface area contributed by atoms with Gasteiger partial charge in [-0.25, -0.2) is 4.39 Å². The predicted octanol–water partition coefficient (Wildman–Crippen LogP) is 5.25. The minimum atomic E-state index is -0.319. The SMILES string of the molecule is Cc1ccc(C(=O)N(CC(=O)N2CCc3sccc3[C@@H]2COc2ccc(F)cc2)CC2CC2)cc1. The van der Waals surface area contributed by atoms with Gasteiger partial charge in [0.15, 0.2) is 0 Å². The number of thiophene rings is 1. The predicted molar refractivity (Wildman–Crippen MR) is 134 cm³/mol. The van der Waals surface area contributed by atoms with Crippen molar-refractivity contribution in [1.29, 1.82) is 0 Å². The molecule has 1 atom stereocenters. The summed E-state index contributed by atoms with van der Waals surface area (Å²) in [4.78, 5) is 31.8. The summed E-state index contributed by atoms with van der Waals surface area (Å²) in [7, 11) is 0. The van der Waals surface area contributed by atoms with Crippen molar-refractivity contribution >= 4 is 23.2 Å². The Bertz CT molecular complexity index is 1190. The average Bonchev–Trinajstić information content (AvgIpc) is 3.55. The molecule has 1 fully saturated rings. The molecule has 2 heterocycles. The van der Waals surface area contributed by atoms with Gasteiger partial charge in [-0.05, 0) is 85.5 Å². The Labute approximate surface area is 209 Å². The van der Waals surface area contributed by atoms with E-state index in [0.717, 1.165) is 30.4 Å². The molecule has 182 valence electrons. The van der Waals surface area contributed by atoms with Crippen LogP contribution >= 0.6 is 11.3 Å². The van der Waals surface area contributed by atoms with Gasteiger partial charge >= 0.3 is 0 Å². The van der Waals surface area contributed by atoms with Crippen molar-refractivity contribution < 1.29 is 18.7 Å². The van der Waals surface area contributed by atoms with Crippen molar-refractivity contribution in [3.05, 3.63) is 87.4 Å². The van der Waals surface area contributed by atoms with E-state index in [-0.39, 0.29) is 36.8 Å². The molecule has 0 radical (unpaired) electrons. The third kappa shape index (κ3) is 5.56. The summed E-state index contributed by atoms with van der Waals surface area (Å²) in [5, 5.41) is 2.05. The van der Waals surface area contributed by atoms with Gasteiger partial charge in [0.2, 0.25) is 5.91 Å². The van der Waals surface area contributed by atoms with Crippen LogP contribution in [0.1, 0.15) is 45.2 Å². The number of carbonyl (C=O) groups excluding carboxylic acids is 2. The smallest absolute Gasteiger partial charge is 0.254 e. The molecule has 0 spiro atoms. The maximum Gasteiger partial charge on any atom is 0.254 e. The molecule has 1 aliphatic carbocycles. The third-order valence-corrected chi connectivity index (χ3v) is 7.72. The number of nitrogens with zero attached hydrogens (tertiary/aromatic N) is 2. The van der Waals surface area contributed by atoms with Gasteiger partial charge in [-0.3, -0.25) is 9.59 Å². The molecule has 1 aromatic heterocycles. The summed E-state index contributed by atoms with van der Waals surface area (Å²) in [5.74, 6) is 0.542. The fourth-order valence-electron chi connectivity index (χ4n) is 4.54. The highest BCUT2D eigenvalue weighted by atomic mass is 32.1. The summed E-state index contributed by atoms with van der Waals surface area (Å²) in [6.07, 6.45) is 2.99. The van der Waals surface area contributed by atoms with Gasteiger partial charge in [0.1, 0.15) is 24.7 Å². The number of benzene rings is 2. The standard InChI is InChI=1S/C28H29FN2O3S/c1-19-2-6-21(7-3-19)28(33)30(16-20-4-5-20)17-27(32)31-14-12-26-24(13-15-35-26)25(31)18-34-23-10-8-22(29)9-11-23/h2-3,6-11,13,15,20,25H,4-5,12,14,16-18H2,1H3/t25-/m0/s1. The van der Waals surface area contributed by atoms with Crippen molar-refractivity contribution in [3.8, 4) is 5.75 Å². The Hall–Kier alpha value is -3.19. The first kappa shape index (κ1) is 23.5. The normalized spacial score (nSPS) is 17.1. The number of carbonyl (C=O) groups is 2. The summed E-state index contributed by atoms with van der Waals surface area (Å²) in [6.45, 7) is 3.50. The lowest BCUT2D eigenvalue weighted by molar-refractivity contribution is -0.135. The first-order valence-corrected chi connectivity index (χ1v) is 13.0. The monoisotopic (exact) mass is 492 g/mol. The lowest BCUT2D eigenvalue weighted by atomic mass is 10.00. The van der Waals surface area contributed by atoms with Crippen LogP contribution in [0.3, 0.4) is 0 Å². The number of amides is 2. The molecule has 0 unspecified atom stereocenters. The molecule has 0 bridgehead atoms. The van der Waals surface area contributed by atoms with Crippen molar-refractivity contribution in [1.82, 2.24) is 9.80 Å².